The van der Waals surface area contributed by atoms with Gasteiger partial charge in [-0.05, 0) is 31.6 Å². The third-order valence-electron chi connectivity index (χ3n) is 3.34. The first-order valence-corrected chi connectivity index (χ1v) is 7.72. The van der Waals surface area contributed by atoms with Crippen LogP contribution in [0.2, 0.25) is 0 Å². The van der Waals surface area contributed by atoms with Crippen molar-refractivity contribution in [2.75, 3.05) is 31.5 Å². The lowest BCUT2D eigenvalue weighted by atomic mass is 10.1. The van der Waals surface area contributed by atoms with E-state index in [0.29, 0.717) is 6.54 Å². The summed E-state index contributed by atoms with van der Waals surface area (Å²) in [4.78, 5) is 25.3. The number of amides is 3. The van der Waals surface area contributed by atoms with E-state index in [0.717, 1.165) is 30.9 Å². The number of imide groups is 1. The highest BCUT2D eigenvalue weighted by Crippen LogP contribution is 2.16. The van der Waals surface area contributed by atoms with Crippen LogP contribution >= 0.6 is 0 Å². The van der Waals surface area contributed by atoms with E-state index in [2.05, 4.69) is 34.7 Å². The van der Waals surface area contributed by atoms with Gasteiger partial charge in [0.05, 0.1) is 6.54 Å². The molecule has 3 N–H and O–H groups in total. The molecule has 0 radical (unpaired) electrons. The Labute approximate surface area is 132 Å². The van der Waals surface area contributed by atoms with Crippen LogP contribution in [0.5, 0.6) is 0 Å². The van der Waals surface area contributed by atoms with E-state index < -0.39 is 6.03 Å². The van der Waals surface area contributed by atoms with Gasteiger partial charge in [-0.1, -0.05) is 32.0 Å². The number of para-hydroxylation sites is 1. The highest BCUT2D eigenvalue weighted by atomic mass is 16.2. The molecule has 1 aromatic rings. The smallest absolute Gasteiger partial charge is 0.321 e. The number of urea groups is 1. The lowest BCUT2D eigenvalue weighted by molar-refractivity contribution is -0.118. The van der Waals surface area contributed by atoms with Gasteiger partial charge in [0, 0.05) is 18.8 Å². The maximum Gasteiger partial charge on any atom is 0.321 e. The van der Waals surface area contributed by atoms with Gasteiger partial charge in [0.25, 0.3) is 0 Å². The summed E-state index contributed by atoms with van der Waals surface area (Å²) in [5.74, 6) is -0.358. The summed E-state index contributed by atoms with van der Waals surface area (Å²) in [6.07, 6.45) is 0. The Morgan fingerprint density at radius 3 is 2.41 bits per heavy atom. The minimum atomic E-state index is -0.467. The summed E-state index contributed by atoms with van der Waals surface area (Å²) in [7, 11) is 0. The molecule has 0 aliphatic carbocycles. The van der Waals surface area contributed by atoms with Gasteiger partial charge in [0.15, 0.2) is 0 Å². The van der Waals surface area contributed by atoms with E-state index in [1.54, 1.807) is 6.92 Å². The van der Waals surface area contributed by atoms with Crippen LogP contribution in [-0.2, 0) is 11.3 Å². The monoisotopic (exact) mass is 306 g/mol. The Kier molecular flexibility index (Phi) is 7.99. The predicted octanol–water partition coefficient (Wildman–Crippen LogP) is 1.79. The highest BCUT2D eigenvalue weighted by molar-refractivity contribution is 5.96. The van der Waals surface area contributed by atoms with Gasteiger partial charge in [-0.2, -0.15) is 0 Å². The van der Waals surface area contributed by atoms with Crippen LogP contribution in [0, 0.1) is 0 Å². The van der Waals surface area contributed by atoms with Gasteiger partial charge in [0.2, 0.25) is 5.91 Å². The molecule has 122 valence electrons. The first-order valence-electron chi connectivity index (χ1n) is 7.72. The molecule has 0 saturated heterocycles. The van der Waals surface area contributed by atoms with E-state index in [1.807, 2.05) is 24.3 Å². The molecular formula is C16H26N4O2. The fourth-order valence-electron chi connectivity index (χ4n) is 2.07. The van der Waals surface area contributed by atoms with Crippen molar-refractivity contribution in [3.8, 4) is 0 Å². The van der Waals surface area contributed by atoms with Gasteiger partial charge in [-0.15, -0.1) is 0 Å². The Morgan fingerprint density at radius 1 is 1.09 bits per heavy atom. The van der Waals surface area contributed by atoms with Gasteiger partial charge in [-0.3, -0.25) is 15.0 Å². The molecule has 0 aromatic heterocycles. The Morgan fingerprint density at radius 2 is 1.77 bits per heavy atom. The third kappa shape index (κ3) is 6.13. The van der Waals surface area contributed by atoms with Crippen molar-refractivity contribution in [1.82, 2.24) is 15.5 Å². The number of nitrogens with one attached hydrogen (secondary N) is 3. The van der Waals surface area contributed by atoms with Crippen LogP contribution in [0.1, 0.15) is 26.3 Å². The summed E-state index contributed by atoms with van der Waals surface area (Å²) in [5.41, 5.74) is 2.05. The molecule has 0 bridgehead atoms. The Balaban J connectivity index is 2.58. The van der Waals surface area contributed by atoms with Crippen molar-refractivity contribution in [1.29, 1.82) is 0 Å². The van der Waals surface area contributed by atoms with Crippen molar-refractivity contribution < 1.29 is 9.59 Å². The van der Waals surface area contributed by atoms with Crippen molar-refractivity contribution in [2.45, 2.75) is 27.3 Å². The minimum absolute atomic E-state index is 0.0619. The zero-order valence-electron chi connectivity index (χ0n) is 13.6. The van der Waals surface area contributed by atoms with Crippen LogP contribution in [0.25, 0.3) is 0 Å². The number of carbonyl (C=O) groups excluding carboxylic acids is 2. The first-order chi connectivity index (χ1) is 10.6. The molecule has 0 unspecified atom stereocenters. The average Bonchev–Trinajstić information content (AvgIpc) is 2.51. The van der Waals surface area contributed by atoms with E-state index in [-0.39, 0.29) is 12.5 Å². The summed E-state index contributed by atoms with van der Waals surface area (Å²) in [5, 5.41) is 7.89. The average molecular weight is 306 g/mol. The van der Waals surface area contributed by atoms with Crippen molar-refractivity contribution in [3.05, 3.63) is 29.8 Å². The van der Waals surface area contributed by atoms with Crippen molar-refractivity contribution in [3.63, 3.8) is 0 Å². The van der Waals surface area contributed by atoms with Gasteiger partial charge in [-0.25, -0.2) is 4.79 Å². The summed E-state index contributed by atoms with van der Waals surface area (Å²) < 4.78 is 0. The lowest BCUT2D eigenvalue weighted by Gasteiger charge is -2.20. The minimum Gasteiger partial charge on any atom is -0.376 e. The predicted molar refractivity (Wildman–Crippen MR) is 88.8 cm³/mol. The molecule has 0 aliphatic heterocycles. The summed E-state index contributed by atoms with van der Waals surface area (Å²) in [6.45, 7) is 9.37. The fraction of sp³-hybridized carbons (Fsp3) is 0.500. The molecular weight excluding hydrogens is 280 g/mol. The third-order valence-corrected chi connectivity index (χ3v) is 3.34. The van der Waals surface area contributed by atoms with Gasteiger partial charge < -0.3 is 10.6 Å². The second-order valence-electron chi connectivity index (χ2n) is 4.88. The number of hydrogen-bond acceptors (Lipinski definition) is 4. The molecule has 22 heavy (non-hydrogen) atoms. The molecule has 0 atom stereocenters. The van der Waals surface area contributed by atoms with E-state index in [1.165, 1.54) is 0 Å². The first kappa shape index (κ1) is 18.0. The lowest BCUT2D eigenvalue weighted by Crippen LogP contribution is -2.41. The largest absolute Gasteiger partial charge is 0.376 e. The number of carbonyl (C=O) groups is 2. The number of nitrogens with zero attached hydrogens (tertiary/aromatic N) is 1. The Bertz CT molecular complexity index is 487. The normalized spacial score (nSPS) is 10.4. The van der Waals surface area contributed by atoms with Gasteiger partial charge in [0.1, 0.15) is 0 Å². The quantitative estimate of drug-likeness (QED) is 0.684. The van der Waals surface area contributed by atoms with E-state index in [4.69, 9.17) is 0 Å². The van der Waals surface area contributed by atoms with Gasteiger partial charge >= 0.3 is 6.03 Å². The standard InChI is InChI=1S/C16H26N4O2/c1-4-17-16(22)19-15(21)11-18-14-10-8-7-9-13(14)12-20(5-2)6-3/h7-10,18H,4-6,11-12H2,1-3H3,(H2,17,19,21,22). The summed E-state index contributed by atoms with van der Waals surface area (Å²) >= 11 is 0. The topological polar surface area (TPSA) is 73.5 Å². The Hall–Kier alpha value is -2.08. The van der Waals surface area contributed by atoms with Crippen LogP contribution in [0.3, 0.4) is 0 Å². The number of benzene rings is 1. The van der Waals surface area contributed by atoms with Crippen molar-refractivity contribution >= 4 is 17.6 Å². The fourth-order valence-corrected chi connectivity index (χ4v) is 2.07. The van der Waals surface area contributed by atoms with Crippen LogP contribution in [0.15, 0.2) is 24.3 Å². The second kappa shape index (κ2) is 9.78. The molecule has 0 heterocycles. The second-order valence-corrected chi connectivity index (χ2v) is 4.88. The van der Waals surface area contributed by atoms with E-state index >= 15 is 0 Å². The number of rotatable bonds is 8. The molecule has 0 fully saturated rings. The SMILES string of the molecule is CCNC(=O)NC(=O)CNc1ccccc1CN(CC)CC. The molecule has 0 spiro atoms. The van der Waals surface area contributed by atoms with E-state index in [9.17, 15) is 9.59 Å². The molecule has 0 aliphatic rings. The molecule has 3 amide bonds. The zero-order chi connectivity index (χ0) is 16.4. The molecule has 1 aromatic carbocycles. The van der Waals surface area contributed by atoms with Crippen molar-refractivity contribution in [2.24, 2.45) is 0 Å². The molecule has 0 saturated carbocycles. The molecule has 6 nitrogen and oxygen atoms in total. The summed E-state index contributed by atoms with van der Waals surface area (Å²) in [6, 6.07) is 7.43. The molecule has 6 heteroatoms. The van der Waals surface area contributed by atoms with Crippen LogP contribution in [0.4, 0.5) is 10.5 Å². The number of anilines is 1. The highest BCUT2D eigenvalue weighted by Gasteiger charge is 2.09. The maximum absolute atomic E-state index is 11.7. The van der Waals surface area contributed by atoms with Crippen LogP contribution < -0.4 is 16.0 Å². The maximum atomic E-state index is 11.7. The van der Waals surface area contributed by atoms with Crippen LogP contribution in [-0.4, -0.2) is 43.0 Å². The molecule has 1 rings (SSSR count). The number of hydrogen-bond donors (Lipinski definition) is 3. The zero-order valence-corrected chi connectivity index (χ0v) is 13.6.